The number of amides is 4. The summed E-state index contributed by atoms with van der Waals surface area (Å²) in [5.41, 5.74) is 18.1. The number of esters is 4. The van der Waals surface area contributed by atoms with Crippen LogP contribution in [0.1, 0.15) is 209 Å². The molecule has 1 aliphatic rings. The quantitative estimate of drug-likeness (QED) is 0.00559. The third kappa shape index (κ3) is 29.4. The molecule has 0 fully saturated rings. The molecule has 0 spiro atoms. The van der Waals surface area contributed by atoms with Crippen molar-refractivity contribution in [1.29, 1.82) is 21.6 Å². The van der Waals surface area contributed by atoms with Crippen LogP contribution in [-0.2, 0) is 51.3 Å². The summed E-state index contributed by atoms with van der Waals surface area (Å²) in [5, 5.41) is 102. The molecular formula is C94H95F4N19O20S4. The smallest absolute Gasteiger partial charge is 0.353 e. The van der Waals surface area contributed by atoms with Crippen LogP contribution in [-0.4, -0.2) is 161 Å². The predicted octanol–water partition coefficient (Wildman–Crippen LogP) is 14.3. The molecular weight excluding hydrogens is 1920 g/mol. The number of hydrogen-bond donors (Lipinski definition) is 17. The zero-order valence-electron chi connectivity index (χ0n) is 76.5. The van der Waals surface area contributed by atoms with Gasteiger partial charge in [-0.1, -0.05) is 60.6 Å². The van der Waals surface area contributed by atoms with Gasteiger partial charge in [0.2, 0.25) is 23.6 Å². The molecule has 0 saturated carbocycles. The van der Waals surface area contributed by atoms with Gasteiger partial charge < -0.3 is 83.6 Å². The van der Waals surface area contributed by atoms with E-state index in [2.05, 4.69) is 57.3 Å². The van der Waals surface area contributed by atoms with Crippen molar-refractivity contribution in [3.05, 3.63) is 270 Å². The minimum Gasteiger partial charge on any atom is -0.478 e. The minimum absolute atomic E-state index is 0.0387. The minimum atomic E-state index is -1.44. The average Bonchev–Trinajstić information content (AvgIpc) is 1.79. The Morgan fingerprint density at radius 1 is 0.411 bits per heavy atom. The van der Waals surface area contributed by atoms with E-state index in [9.17, 15) is 95.5 Å². The highest BCUT2D eigenvalue weighted by Crippen LogP contribution is 2.40. The second-order valence-electron chi connectivity index (χ2n) is 32.6. The number of halogens is 4. The molecule has 6 heterocycles. The number of hydrogen-bond acceptors (Lipinski definition) is 30. The third-order valence-electron chi connectivity index (χ3n) is 21.8. The fourth-order valence-corrected chi connectivity index (χ4v) is 17.7. The van der Waals surface area contributed by atoms with Crippen molar-refractivity contribution >= 4 is 157 Å². The average molecular weight is 2020 g/mol. The Morgan fingerprint density at radius 3 is 1.06 bits per heavy atom. The number of aromatic nitrogens is 4. The summed E-state index contributed by atoms with van der Waals surface area (Å²) in [4.78, 5) is 152. The molecule has 11 aromatic rings. The number of anilines is 2. The molecule has 0 bridgehead atoms. The second-order valence-corrected chi connectivity index (χ2v) is 37.2. The monoisotopic (exact) mass is 2010 g/mol. The summed E-state index contributed by atoms with van der Waals surface area (Å²) in [6.07, 6.45) is 3.37. The number of aromatic carboxylic acids is 4. The Balaban J connectivity index is 0.000000211. The Kier molecular flexibility index (Phi) is 37.0. The summed E-state index contributed by atoms with van der Waals surface area (Å²) < 4.78 is 77.3. The van der Waals surface area contributed by atoms with E-state index in [4.69, 9.17) is 63.5 Å². The van der Waals surface area contributed by atoms with E-state index in [1.54, 1.807) is 64.1 Å². The number of aromatic amines is 1. The maximum Gasteiger partial charge on any atom is 0.353 e. The molecule has 21 N–H and O–H groups in total. The van der Waals surface area contributed by atoms with Crippen molar-refractivity contribution < 1.29 is 114 Å². The number of rotatable bonds is 39. The number of nitrogens with zero attached hydrogens (tertiary/aromatic N) is 6. The number of benzene rings is 6. The van der Waals surface area contributed by atoms with Gasteiger partial charge in [0.05, 0.1) is 45.3 Å². The van der Waals surface area contributed by atoms with Crippen LogP contribution in [0, 0.1) is 66.6 Å². The van der Waals surface area contributed by atoms with Gasteiger partial charge in [-0.2, -0.15) is 10.3 Å². The van der Waals surface area contributed by atoms with Crippen LogP contribution in [0.4, 0.5) is 28.9 Å². The molecule has 0 radical (unpaired) electrons. The van der Waals surface area contributed by atoms with E-state index < -0.39 is 116 Å². The number of tetrazole rings is 1. The fourth-order valence-electron chi connectivity index (χ4n) is 13.5. The van der Waals surface area contributed by atoms with Crippen LogP contribution in [0.2, 0.25) is 0 Å². The Hall–Kier alpha value is -16.3. The fraction of sp³-hybridized carbons (Fsp3) is 0.255. The standard InChI is InChI=1S/2C27H26FN3O7S.C20H22FN7O3S.C20H21FN6O3S/c1-3-27(4-2,26(37)31-15-6-8-17(23(32)33)18(12-15)24(34)35)13-16-7-10-21(39-16)25(36)38-20-9-5-14(22(29)30)11-19(20)28;1-3-27(4-2,26(37)31-17-10-15(23(32)33)9-16(11-17)24(34)35)13-18-6-8-21(39-18)25(36)38-20-7-5-14(22(29)30)12-19(20)28;1-20(2,19(30)24-8-7-16-25-27-28-26-16)10-12-4-6-15(32-12)18(29)31-14-5-3-11(17(22)23)9-13(14)21;1-20(2,19(29)24-9-12-10-25-27-26-12)8-13-4-6-16(31-13)18(28)30-15-5-3-11(17(22)23)7-14(15)21/h2*5-12H,3-4,13H2,1-2H3,(H3,29,30)(H,31,37)(H,32,33)(H,34,35);3-6,9H,7-8,10H2,1-2H3,(H3,22,23)(H,24,30)(H,25,26,27,28);3-7H,8-10H2,1-2H3,(H3,22,23)(H,24,29). The van der Waals surface area contributed by atoms with Gasteiger partial charge in [-0.05, 0) is 214 Å². The first-order valence-electron chi connectivity index (χ1n) is 42.5. The van der Waals surface area contributed by atoms with Crippen LogP contribution in [0.15, 0.2) is 173 Å². The summed E-state index contributed by atoms with van der Waals surface area (Å²) in [6.45, 7) is 15.5. The highest BCUT2D eigenvalue weighted by Gasteiger charge is 2.39. The van der Waals surface area contributed by atoms with Gasteiger partial charge in [0, 0.05) is 76.9 Å². The van der Waals surface area contributed by atoms with E-state index in [0.29, 0.717) is 79.3 Å². The zero-order valence-corrected chi connectivity index (χ0v) is 79.7. The Morgan fingerprint density at radius 2 is 0.759 bits per heavy atom. The first-order valence-corrected chi connectivity index (χ1v) is 45.7. The number of amidine groups is 4. The molecule has 0 aliphatic carbocycles. The molecule has 47 heteroatoms. The normalized spacial score (nSPS) is 11.5. The van der Waals surface area contributed by atoms with E-state index in [0.717, 1.165) is 74.9 Å². The summed E-state index contributed by atoms with van der Waals surface area (Å²) in [6, 6.07) is 34.4. The van der Waals surface area contributed by atoms with Gasteiger partial charge in [-0.25, -0.2) is 55.9 Å². The first kappa shape index (κ1) is 108. The Bertz CT molecular complexity index is 6690. The highest BCUT2D eigenvalue weighted by molar-refractivity contribution is 7.15. The van der Waals surface area contributed by atoms with Gasteiger partial charge in [-0.15, -0.1) is 60.6 Å². The molecule has 4 amide bonds. The lowest BCUT2D eigenvalue weighted by Gasteiger charge is -2.30. The predicted molar refractivity (Wildman–Crippen MR) is 514 cm³/mol. The molecule has 12 rings (SSSR count). The van der Waals surface area contributed by atoms with Crippen molar-refractivity contribution in [1.82, 2.24) is 31.3 Å². The van der Waals surface area contributed by atoms with E-state index in [-0.39, 0.29) is 142 Å². The zero-order chi connectivity index (χ0) is 104. The molecule has 6 aromatic carbocycles. The van der Waals surface area contributed by atoms with Crippen molar-refractivity contribution in [3.8, 4) is 23.0 Å². The van der Waals surface area contributed by atoms with Crippen LogP contribution in [0.5, 0.6) is 23.0 Å². The van der Waals surface area contributed by atoms with E-state index >= 15 is 0 Å². The molecule has 39 nitrogen and oxygen atoms in total. The van der Waals surface area contributed by atoms with Gasteiger partial charge >= 0.3 is 47.8 Å². The van der Waals surface area contributed by atoms with Crippen LogP contribution in [0.3, 0.4) is 0 Å². The van der Waals surface area contributed by atoms with Gasteiger partial charge in [0.25, 0.3) is 0 Å². The molecule has 0 unspecified atom stereocenters. The molecule has 5 aromatic heterocycles. The highest BCUT2D eigenvalue weighted by atomic mass is 32.1. The number of nitrogen functional groups attached to an aromatic ring is 4. The van der Waals surface area contributed by atoms with Crippen molar-refractivity contribution in [2.45, 2.75) is 113 Å². The summed E-state index contributed by atoms with van der Waals surface area (Å²) >= 11 is 4.53. The lowest BCUT2D eigenvalue weighted by atomic mass is 9.77. The number of H-pyrrole nitrogens is 1. The number of nitrogens with two attached hydrogens (primary N) is 4. The van der Waals surface area contributed by atoms with Crippen molar-refractivity contribution in [3.63, 3.8) is 0 Å². The number of thiophene rings is 4. The van der Waals surface area contributed by atoms with Crippen molar-refractivity contribution in [2.24, 2.45) is 60.0 Å². The second kappa shape index (κ2) is 48.1. The maximum atomic E-state index is 14.3. The largest absolute Gasteiger partial charge is 0.478 e. The molecule has 738 valence electrons. The maximum absolute atomic E-state index is 14.3. The van der Waals surface area contributed by atoms with Gasteiger partial charge in [0.1, 0.15) is 49.4 Å². The molecule has 141 heavy (non-hydrogen) atoms. The number of carbonyl (C=O) groups is 12. The first-order chi connectivity index (χ1) is 66.6. The number of carboxylic acid groups (broad SMARTS) is 4. The van der Waals surface area contributed by atoms with E-state index in [1.807, 2.05) is 27.7 Å². The van der Waals surface area contributed by atoms with Crippen LogP contribution < -0.4 is 63.1 Å². The summed E-state index contributed by atoms with van der Waals surface area (Å²) in [5.74, 6) is -14.8. The van der Waals surface area contributed by atoms with Gasteiger partial charge in [0.15, 0.2) is 52.1 Å². The number of nitrogens with one attached hydrogen (secondary N) is 9. The SMILES string of the molecule is CC(C)(Cc1ccc(C(=O)Oc2ccc(C(=N)N)cc2F)s1)C(=O)NCC1=NN=NC1.CC(C)(Cc1ccc(C(=O)Oc2ccc(C(=N)N)cc2F)s1)C(=O)NCCc1nn[nH]n1.CCC(CC)(Cc1ccc(C(=O)Oc2ccc(C(=N)N)cc2F)s1)C(=O)Nc1cc(C(=O)O)cc(C(=O)O)c1.CCC(CC)(Cc1ccc(C(=O)Oc2ccc(C(=N)N)cc2F)s1)C(=O)Nc1ccc(C(=O)O)c(C(=O)O)c1. The number of ether oxygens (including phenoxy) is 4. The summed E-state index contributed by atoms with van der Waals surface area (Å²) in [7, 11) is 0. The van der Waals surface area contributed by atoms with Crippen LogP contribution >= 0.6 is 45.3 Å². The lowest BCUT2D eigenvalue weighted by molar-refractivity contribution is -0.129. The lowest BCUT2D eigenvalue weighted by Crippen LogP contribution is -2.40. The van der Waals surface area contributed by atoms with E-state index in [1.165, 1.54) is 102 Å². The number of carboxylic acids is 4. The third-order valence-corrected chi connectivity index (χ3v) is 26.1. The molecule has 0 saturated heterocycles. The van der Waals surface area contributed by atoms with Gasteiger partial charge in [-0.3, -0.25) is 40.8 Å². The van der Waals surface area contributed by atoms with Crippen LogP contribution in [0.25, 0.3) is 0 Å². The molecule has 0 atom stereocenters. The molecule has 1 aliphatic heterocycles. The number of carbonyl (C=O) groups excluding carboxylic acids is 8. The Labute approximate surface area is 816 Å². The topological polar surface area (TPSA) is 662 Å². The van der Waals surface area contributed by atoms with Crippen molar-refractivity contribution in [2.75, 3.05) is 30.3 Å².